The van der Waals surface area contributed by atoms with Crippen LogP contribution in [0.2, 0.25) is 0 Å². The van der Waals surface area contributed by atoms with Crippen LogP contribution in [0.3, 0.4) is 0 Å². The monoisotopic (exact) mass is 294 g/mol. The Morgan fingerprint density at radius 2 is 2.00 bits per heavy atom. The Morgan fingerprint density at radius 1 is 1.30 bits per heavy atom. The van der Waals surface area contributed by atoms with E-state index in [0.717, 1.165) is 10.4 Å². The van der Waals surface area contributed by atoms with Crippen LogP contribution < -0.4 is 5.66 Å². The highest BCUT2D eigenvalue weighted by Gasteiger charge is 2.40. The number of rotatable bonds is 5. The first-order chi connectivity index (χ1) is 9.21. The first-order valence-electron chi connectivity index (χ1n) is 6.41. The molecule has 2 heterocycles. The highest BCUT2D eigenvalue weighted by Crippen LogP contribution is 2.27. The van der Waals surface area contributed by atoms with Crippen LogP contribution in [0.4, 0.5) is 0 Å². The van der Waals surface area contributed by atoms with Crippen molar-refractivity contribution in [1.29, 1.82) is 0 Å². The maximum atomic E-state index is 10.1. The first-order valence-corrected chi connectivity index (χ1v) is 7.29. The van der Waals surface area contributed by atoms with Crippen molar-refractivity contribution in [1.82, 2.24) is 0 Å². The van der Waals surface area contributed by atoms with Crippen molar-refractivity contribution in [2.75, 3.05) is 0 Å². The highest BCUT2D eigenvalue weighted by atomic mass is 32.1. The molecule has 2 rings (SSSR count). The summed E-state index contributed by atoms with van der Waals surface area (Å²) in [6.07, 6.45) is 1.59. The summed E-state index contributed by atoms with van der Waals surface area (Å²) < 4.78 is 10.9. The minimum absolute atomic E-state index is 0.325. The summed E-state index contributed by atoms with van der Waals surface area (Å²) in [7, 11) is -1.22. The zero-order valence-corrected chi connectivity index (χ0v) is 12.9. The summed E-state index contributed by atoms with van der Waals surface area (Å²) in [6.45, 7) is 6.72. The van der Waals surface area contributed by atoms with Crippen LogP contribution in [-0.2, 0) is 4.65 Å². The number of hydrogen-bond donors (Lipinski definition) is 2. The summed E-state index contributed by atoms with van der Waals surface area (Å²) in [5.41, 5.74) is -0.774. The molecule has 0 amide bonds. The van der Waals surface area contributed by atoms with Crippen molar-refractivity contribution < 1.29 is 19.2 Å². The van der Waals surface area contributed by atoms with Gasteiger partial charge in [0.2, 0.25) is 0 Å². The van der Waals surface area contributed by atoms with Crippen molar-refractivity contribution in [3.05, 3.63) is 29.8 Å². The van der Waals surface area contributed by atoms with Gasteiger partial charge < -0.3 is 19.2 Å². The molecule has 0 fully saturated rings. The Bertz CT molecular complexity index is 554. The second kappa shape index (κ2) is 5.37. The standard InChI is InChI=1S/C14H19BO4S/c1-13(2,16)14(3,4)19-15(17)12-8-10(9-18-12)11-6-5-7-20-11/h5-9,16-17H,1-4H3. The van der Waals surface area contributed by atoms with Crippen molar-refractivity contribution in [2.45, 2.75) is 38.9 Å². The highest BCUT2D eigenvalue weighted by molar-refractivity contribution is 7.13. The van der Waals surface area contributed by atoms with E-state index in [2.05, 4.69) is 0 Å². The maximum absolute atomic E-state index is 10.1. The summed E-state index contributed by atoms with van der Waals surface area (Å²) in [6, 6.07) is 5.68. The van der Waals surface area contributed by atoms with E-state index in [1.165, 1.54) is 0 Å². The molecule has 0 aliphatic heterocycles. The van der Waals surface area contributed by atoms with Gasteiger partial charge in [0, 0.05) is 10.4 Å². The third-order valence-corrected chi connectivity index (χ3v) is 4.47. The maximum Gasteiger partial charge on any atom is 0.529 e. The van der Waals surface area contributed by atoms with Gasteiger partial charge >= 0.3 is 7.12 Å². The van der Waals surface area contributed by atoms with Gasteiger partial charge in [-0.2, -0.15) is 0 Å². The Morgan fingerprint density at radius 3 is 2.55 bits per heavy atom. The molecule has 0 aromatic carbocycles. The van der Waals surface area contributed by atoms with E-state index in [1.807, 2.05) is 17.5 Å². The first kappa shape index (κ1) is 15.3. The topological polar surface area (TPSA) is 62.8 Å². The molecule has 4 nitrogen and oxygen atoms in total. The molecule has 0 saturated carbocycles. The van der Waals surface area contributed by atoms with E-state index in [1.54, 1.807) is 51.4 Å². The van der Waals surface area contributed by atoms with Crippen LogP contribution in [-0.4, -0.2) is 28.5 Å². The fourth-order valence-electron chi connectivity index (χ4n) is 1.54. The summed E-state index contributed by atoms with van der Waals surface area (Å²) in [5.74, 6) is 0. The zero-order chi connectivity index (χ0) is 15.0. The fraction of sp³-hybridized carbons (Fsp3) is 0.429. The van der Waals surface area contributed by atoms with Crippen molar-refractivity contribution >= 4 is 24.1 Å². The third kappa shape index (κ3) is 3.15. The third-order valence-electron chi connectivity index (χ3n) is 3.55. The average molecular weight is 294 g/mol. The minimum atomic E-state index is -1.22. The molecule has 0 aliphatic carbocycles. The van der Waals surface area contributed by atoms with Crippen molar-refractivity contribution in [3.63, 3.8) is 0 Å². The molecule has 2 N–H and O–H groups in total. The average Bonchev–Trinajstić information content (AvgIpc) is 2.98. The molecule has 0 spiro atoms. The molecule has 20 heavy (non-hydrogen) atoms. The van der Waals surface area contributed by atoms with Gasteiger partial charge in [-0.3, -0.25) is 0 Å². The van der Waals surface area contributed by atoms with Gasteiger partial charge in [0.15, 0.2) is 0 Å². The molecule has 6 heteroatoms. The van der Waals surface area contributed by atoms with E-state index in [9.17, 15) is 10.1 Å². The molecule has 0 atom stereocenters. The lowest BCUT2D eigenvalue weighted by atomic mass is 9.81. The van der Waals surface area contributed by atoms with Crippen LogP contribution >= 0.6 is 11.3 Å². The number of aliphatic hydroxyl groups is 1. The Balaban J connectivity index is 2.13. The van der Waals surface area contributed by atoms with Crippen LogP contribution in [0.1, 0.15) is 27.7 Å². The lowest BCUT2D eigenvalue weighted by Crippen LogP contribution is -2.52. The van der Waals surface area contributed by atoms with Gasteiger partial charge in [0.1, 0.15) is 5.66 Å². The smallest absolute Gasteiger partial charge is 0.472 e. The molecule has 2 aromatic heterocycles. The Hall–Kier alpha value is -1.08. The molecule has 0 aliphatic rings. The van der Waals surface area contributed by atoms with E-state index in [0.29, 0.717) is 5.66 Å². The fourth-order valence-corrected chi connectivity index (χ4v) is 2.24. The van der Waals surface area contributed by atoms with Crippen LogP contribution in [0.25, 0.3) is 10.4 Å². The number of hydrogen-bond acceptors (Lipinski definition) is 5. The minimum Gasteiger partial charge on any atom is -0.472 e. The van der Waals surface area contributed by atoms with Crippen LogP contribution in [0.5, 0.6) is 0 Å². The molecule has 2 aromatic rings. The van der Waals surface area contributed by atoms with Gasteiger partial charge in [-0.1, -0.05) is 6.07 Å². The molecule has 0 radical (unpaired) electrons. The number of thiophene rings is 1. The second-order valence-electron chi connectivity index (χ2n) is 5.75. The quantitative estimate of drug-likeness (QED) is 0.830. The van der Waals surface area contributed by atoms with Gasteiger partial charge in [-0.25, -0.2) is 0 Å². The van der Waals surface area contributed by atoms with E-state index < -0.39 is 18.3 Å². The molecule has 108 valence electrons. The zero-order valence-electron chi connectivity index (χ0n) is 12.1. The molecule has 0 unspecified atom stereocenters. The van der Waals surface area contributed by atoms with E-state index in [4.69, 9.17) is 9.07 Å². The molecule has 0 saturated heterocycles. The second-order valence-corrected chi connectivity index (χ2v) is 6.70. The molecular formula is C14H19BO4S. The van der Waals surface area contributed by atoms with Gasteiger partial charge in [0.25, 0.3) is 0 Å². The van der Waals surface area contributed by atoms with E-state index >= 15 is 0 Å². The SMILES string of the molecule is CC(C)(O)C(C)(C)OB(O)c1cc(-c2cccs2)co1. The Kier molecular flexibility index (Phi) is 4.11. The van der Waals surface area contributed by atoms with Crippen LogP contribution in [0, 0.1) is 0 Å². The van der Waals surface area contributed by atoms with Crippen molar-refractivity contribution in [2.24, 2.45) is 0 Å². The summed E-state index contributed by atoms with van der Waals surface area (Å²) in [4.78, 5) is 1.06. The van der Waals surface area contributed by atoms with Gasteiger partial charge in [-0.05, 0) is 45.2 Å². The summed E-state index contributed by atoms with van der Waals surface area (Å²) >= 11 is 1.60. The summed E-state index contributed by atoms with van der Waals surface area (Å²) in [5, 5.41) is 22.1. The van der Waals surface area contributed by atoms with Gasteiger partial charge in [-0.15, -0.1) is 11.3 Å². The Labute approximate surface area is 123 Å². The van der Waals surface area contributed by atoms with Gasteiger partial charge in [0.05, 0.1) is 17.5 Å². The number of furan rings is 1. The molecular weight excluding hydrogens is 275 g/mol. The predicted octanol–water partition coefficient (Wildman–Crippen LogP) is 2.26. The normalized spacial score (nSPS) is 12.7. The lowest BCUT2D eigenvalue weighted by Gasteiger charge is -2.38. The van der Waals surface area contributed by atoms with Crippen LogP contribution in [0.15, 0.2) is 34.3 Å². The van der Waals surface area contributed by atoms with Crippen molar-refractivity contribution in [3.8, 4) is 10.4 Å². The predicted molar refractivity (Wildman–Crippen MR) is 81.1 cm³/mol. The molecule has 0 bridgehead atoms. The lowest BCUT2D eigenvalue weighted by molar-refractivity contribution is -0.0986. The van der Waals surface area contributed by atoms with E-state index in [-0.39, 0.29) is 0 Å². The largest absolute Gasteiger partial charge is 0.529 e.